The Hall–Kier alpha value is -0.790. The fourth-order valence-corrected chi connectivity index (χ4v) is 2.93. The molecule has 1 aliphatic carbocycles. The van der Waals surface area contributed by atoms with Crippen LogP contribution in [0, 0.1) is 11.8 Å². The Morgan fingerprint density at radius 1 is 1.19 bits per heavy atom. The van der Waals surface area contributed by atoms with Crippen molar-refractivity contribution in [1.82, 2.24) is 4.90 Å². The minimum Gasteiger partial charge on any atom is -0.340 e. The van der Waals surface area contributed by atoms with E-state index in [1.54, 1.807) is 0 Å². The average Bonchev–Trinajstić information content (AvgIpc) is 2.29. The molecule has 0 aromatic carbocycles. The molecule has 3 unspecified atom stereocenters. The molecule has 0 N–H and O–H groups in total. The Labute approximate surface area is 98.7 Å². The van der Waals surface area contributed by atoms with Crippen molar-refractivity contribution in [3.63, 3.8) is 0 Å². The van der Waals surface area contributed by atoms with Gasteiger partial charge < -0.3 is 4.90 Å². The summed E-state index contributed by atoms with van der Waals surface area (Å²) in [4.78, 5) is 14.6. The molecule has 0 spiro atoms. The highest BCUT2D eigenvalue weighted by Gasteiger charge is 2.32. The fraction of sp³-hybridized carbons (Fsp3) is 0.786. The maximum Gasteiger partial charge on any atom is 0.226 e. The third-order valence-corrected chi connectivity index (χ3v) is 4.15. The third-order valence-electron chi connectivity index (χ3n) is 4.15. The predicted molar refractivity (Wildman–Crippen MR) is 66.1 cm³/mol. The van der Waals surface area contributed by atoms with Crippen molar-refractivity contribution in [2.45, 2.75) is 52.0 Å². The number of hydrogen-bond donors (Lipinski definition) is 0. The summed E-state index contributed by atoms with van der Waals surface area (Å²) in [6.45, 7) is 5.38. The van der Waals surface area contributed by atoms with E-state index in [-0.39, 0.29) is 5.92 Å². The van der Waals surface area contributed by atoms with Crippen LogP contribution in [-0.2, 0) is 4.79 Å². The molecular formula is C14H23NO. The van der Waals surface area contributed by atoms with Crippen LogP contribution in [0.5, 0.6) is 0 Å². The molecule has 1 fully saturated rings. The highest BCUT2D eigenvalue weighted by atomic mass is 16.2. The van der Waals surface area contributed by atoms with Gasteiger partial charge in [0.25, 0.3) is 0 Å². The van der Waals surface area contributed by atoms with Crippen molar-refractivity contribution in [3.05, 3.63) is 12.2 Å². The number of likely N-dealkylation sites (tertiary alicyclic amines) is 1. The molecule has 2 rings (SSSR count). The Morgan fingerprint density at radius 2 is 1.94 bits per heavy atom. The molecule has 1 heterocycles. The van der Waals surface area contributed by atoms with Gasteiger partial charge in [-0.3, -0.25) is 4.79 Å². The summed E-state index contributed by atoms with van der Waals surface area (Å²) in [6, 6.07) is 0.458. The van der Waals surface area contributed by atoms with Gasteiger partial charge in [-0.2, -0.15) is 0 Å². The summed E-state index contributed by atoms with van der Waals surface area (Å²) < 4.78 is 0. The Balaban J connectivity index is 2.02. The lowest BCUT2D eigenvalue weighted by Gasteiger charge is -2.37. The smallest absolute Gasteiger partial charge is 0.226 e. The first kappa shape index (κ1) is 11.7. The Kier molecular flexibility index (Phi) is 3.67. The van der Waals surface area contributed by atoms with E-state index in [2.05, 4.69) is 30.9 Å². The zero-order chi connectivity index (χ0) is 11.5. The Morgan fingerprint density at radius 3 is 2.62 bits per heavy atom. The van der Waals surface area contributed by atoms with Crippen LogP contribution in [0.4, 0.5) is 0 Å². The number of carbonyl (C=O) groups is 1. The van der Waals surface area contributed by atoms with E-state index >= 15 is 0 Å². The van der Waals surface area contributed by atoms with Crippen LogP contribution in [0.25, 0.3) is 0 Å². The van der Waals surface area contributed by atoms with Crippen molar-refractivity contribution >= 4 is 5.91 Å². The standard InChI is InChI=1S/C14H23NO/c1-11-7-3-4-9-13(11)14(16)15-10-6-5-8-12(15)2/h3-4,11-13H,5-10H2,1-2H3. The summed E-state index contributed by atoms with van der Waals surface area (Å²) in [5, 5.41) is 0. The lowest BCUT2D eigenvalue weighted by Crippen LogP contribution is -2.46. The first-order valence-electron chi connectivity index (χ1n) is 6.65. The van der Waals surface area contributed by atoms with Crippen LogP contribution >= 0.6 is 0 Å². The molecule has 16 heavy (non-hydrogen) atoms. The number of amides is 1. The molecule has 2 nitrogen and oxygen atoms in total. The van der Waals surface area contributed by atoms with Crippen LogP contribution in [0.2, 0.25) is 0 Å². The highest BCUT2D eigenvalue weighted by Crippen LogP contribution is 2.29. The number of piperidine rings is 1. The minimum absolute atomic E-state index is 0.241. The molecule has 1 amide bonds. The minimum atomic E-state index is 0.241. The van der Waals surface area contributed by atoms with Crippen LogP contribution < -0.4 is 0 Å². The third kappa shape index (κ3) is 2.31. The number of carbonyl (C=O) groups excluding carboxylic acids is 1. The second kappa shape index (κ2) is 5.03. The van der Waals surface area contributed by atoms with E-state index in [9.17, 15) is 4.79 Å². The molecule has 3 atom stereocenters. The van der Waals surface area contributed by atoms with Gasteiger partial charge in [0, 0.05) is 18.5 Å². The molecule has 2 aliphatic rings. The van der Waals surface area contributed by atoms with Crippen LogP contribution in [0.15, 0.2) is 12.2 Å². The fourth-order valence-electron chi connectivity index (χ4n) is 2.93. The number of allylic oxidation sites excluding steroid dienone is 2. The molecular weight excluding hydrogens is 198 g/mol. The van der Waals surface area contributed by atoms with Crippen molar-refractivity contribution in [2.75, 3.05) is 6.54 Å². The lowest BCUT2D eigenvalue weighted by atomic mass is 9.82. The van der Waals surface area contributed by atoms with E-state index in [0.29, 0.717) is 17.9 Å². The van der Waals surface area contributed by atoms with E-state index < -0.39 is 0 Å². The van der Waals surface area contributed by atoms with E-state index in [0.717, 1.165) is 19.4 Å². The van der Waals surface area contributed by atoms with Crippen LogP contribution in [0.3, 0.4) is 0 Å². The monoisotopic (exact) mass is 221 g/mol. The maximum atomic E-state index is 12.5. The van der Waals surface area contributed by atoms with Gasteiger partial charge in [-0.05, 0) is 44.9 Å². The van der Waals surface area contributed by atoms with Gasteiger partial charge in [-0.25, -0.2) is 0 Å². The molecule has 0 radical (unpaired) electrons. The number of hydrogen-bond acceptors (Lipinski definition) is 1. The summed E-state index contributed by atoms with van der Waals surface area (Å²) >= 11 is 0. The quantitative estimate of drug-likeness (QED) is 0.623. The number of rotatable bonds is 1. The SMILES string of the molecule is CC1CC=CCC1C(=O)N1CCCCC1C. The molecule has 2 heteroatoms. The normalized spacial score (nSPS) is 35.1. The molecule has 90 valence electrons. The zero-order valence-corrected chi connectivity index (χ0v) is 10.5. The topological polar surface area (TPSA) is 20.3 Å². The summed E-state index contributed by atoms with van der Waals surface area (Å²) in [5.74, 6) is 1.17. The summed E-state index contributed by atoms with van der Waals surface area (Å²) in [6.07, 6.45) is 10.1. The predicted octanol–water partition coefficient (Wildman–Crippen LogP) is 2.99. The molecule has 1 saturated heterocycles. The zero-order valence-electron chi connectivity index (χ0n) is 10.5. The largest absolute Gasteiger partial charge is 0.340 e. The Bertz CT molecular complexity index is 284. The van der Waals surface area contributed by atoms with E-state index in [4.69, 9.17) is 0 Å². The highest BCUT2D eigenvalue weighted by molar-refractivity contribution is 5.80. The van der Waals surface area contributed by atoms with Crippen molar-refractivity contribution in [2.24, 2.45) is 11.8 Å². The second-order valence-electron chi connectivity index (χ2n) is 5.40. The van der Waals surface area contributed by atoms with Gasteiger partial charge in [0.15, 0.2) is 0 Å². The van der Waals surface area contributed by atoms with Gasteiger partial charge >= 0.3 is 0 Å². The van der Waals surface area contributed by atoms with Gasteiger partial charge in [-0.1, -0.05) is 19.1 Å². The van der Waals surface area contributed by atoms with E-state index in [1.165, 1.54) is 19.3 Å². The molecule has 1 aliphatic heterocycles. The molecule has 0 bridgehead atoms. The van der Waals surface area contributed by atoms with E-state index in [1.807, 2.05) is 0 Å². The van der Waals surface area contributed by atoms with Crippen molar-refractivity contribution in [3.8, 4) is 0 Å². The van der Waals surface area contributed by atoms with Crippen LogP contribution in [-0.4, -0.2) is 23.4 Å². The molecule has 0 aromatic heterocycles. The van der Waals surface area contributed by atoms with Crippen molar-refractivity contribution in [1.29, 1.82) is 0 Å². The summed E-state index contributed by atoms with van der Waals surface area (Å²) in [7, 11) is 0. The lowest BCUT2D eigenvalue weighted by molar-refractivity contribution is -0.140. The first-order chi connectivity index (χ1) is 7.70. The van der Waals surface area contributed by atoms with Gasteiger partial charge in [0.2, 0.25) is 5.91 Å². The average molecular weight is 221 g/mol. The van der Waals surface area contributed by atoms with Gasteiger partial charge in [-0.15, -0.1) is 0 Å². The van der Waals surface area contributed by atoms with Gasteiger partial charge in [0.05, 0.1) is 0 Å². The second-order valence-corrected chi connectivity index (χ2v) is 5.40. The molecule has 0 aromatic rings. The van der Waals surface area contributed by atoms with Crippen LogP contribution in [0.1, 0.15) is 46.0 Å². The first-order valence-corrected chi connectivity index (χ1v) is 6.65. The number of nitrogens with zero attached hydrogens (tertiary/aromatic N) is 1. The van der Waals surface area contributed by atoms with Crippen molar-refractivity contribution < 1.29 is 4.79 Å². The maximum absolute atomic E-state index is 12.5. The molecule has 0 saturated carbocycles. The summed E-state index contributed by atoms with van der Waals surface area (Å²) in [5.41, 5.74) is 0. The van der Waals surface area contributed by atoms with Gasteiger partial charge in [0.1, 0.15) is 0 Å².